The minimum absolute atomic E-state index is 0.174. The van der Waals surface area contributed by atoms with E-state index in [0.717, 1.165) is 6.20 Å². The predicted octanol–water partition coefficient (Wildman–Crippen LogP) is 0.166. The lowest BCUT2D eigenvalue weighted by atomic mass is 10.5. The van der Waals surface area contributed by atoms with Gasteiger partial charge in [-0.2, -0.15) is 0 Å². The Kier molecular flexibility index (Phi) is 2.37. The Labute approximate surface area is 74.1 Å². The van der Waals surface area contributed by atoms with Crippen LogP contribution in [0.25, 0.3) is 0 Å². The Bertz CT molecular complexity index is 418. The molecule has 1 rings (SSSR count). The summed E-state index contributed by atoms with van der Waals surface area (Å²) in [7, 11) is -3.55. The quantitative estimate of drug-likeness (QED) is 0.755. The van der Waals surface area contributed by atoms with Crippen molar-refractivity contribution in [1.82, 2.24) is 4.98 Å². The summed E-state index contributed by atoms with van der Waals surface area (Å²) in [5.74, 6) is -2.00. The van der Waals surface area contributed by atoms with Crippen LogP contribution in [0, 0.1) is 0 Å². The van der Waals surface area contributed by atoms with Gasteiger partial charge in [0.2, 0.25) is 15.6 Å². The van der Waals surface area contributed by atoms with E-state index in [2.05, 4.69) is 9.40 Å². The van der Waals surface area contributed by atoms with Crippen LogP contribution in [-0.2, 0) is 9.84 Å². The molecule has 0 amide bonds. The minimum Gasteiger partial charge on any atom is -0.475 e. The number of hydrogen-bond acceptors (Lipinski definition) is 5. The molecule has 0 unspecified atom stereocenters. The molecule has 0 aliphatic heterocycles. The first kappa shape index (κ1) is 9.72. The second kappa shape index (κ2) is 3.17. The zero-order chi connectivity index (χ0) is 10.1. The average Bonchev–Trinajstić information content (AvgIpc) is 2.52. The average molecular weight is 205 g/mol. The van der Waals surface area contributed by atoms with Crippen molar-refractivity contribution in [3.63, 3.8) is 0 Å². The summed E-state index contributed by atoms with van der Waals surface area (Å²) in [4.78, 5) is 13.6. The van der Waals surface area contributed by atoms with Crippen LogP contribution in [0.3, 0.4) is 0 Å². The molecule has 1 aromatic rings. The lowest BCUT2D eigenvalue weighted by Crippen LogP contribution is -2.03. The van der Waals surface area contributed by atoms with E-state index in [0.29, 0.717) is 0 Å². The molecule has 0 aliphatic rings. The third-order valence-electron chi connectivity index (χ3n) is 1.34. The summed E-state index contributed by atoms with van der Waals surface area (Å²) in [6.07, 6.45) is 0.866. The molecule has 72 valence electrons. The Morgan fingerprint density at radius 3 is 2.69 bits per heavy atom. The van der Waals surface area contributed by atoms with E-state index in [1.165, 1.54) is 6.92 Å². The summed E-state index contributed by atoms with van der Waals surface area (Å²) < 4.78 is 26.7. The van der Waals surface area contributed by atoms with Crippen LogP contribution in [0.2, 0.25) is 0 Å². The molecule has 7 heteroatoms. The van der Waals surface area contributed by atoms with Crippen molar-refractivity contribution in [1.29, 1.82) is 0 Å². The van der Waals surface area contributed by atoms with Crippen molar-refractivity contribution in [3.05, 3.63) is 12.0 Å². The SMILES string of the molecule is CCS(=O)(=O)c1ncc(C(=O)O)o1. The van der Waals surface area contributed by atoms with E-state index in [-0.39, 0.29) is 5.75 Å². The van der Waals surface area contributed by atoms with Gasteiger partial charge in [0.1, 0.15) is 0 Å². The Morgan fingerprint density at radius 1 is 1.69 bits per heavy atom. The lowest BCUT2D eigenvalue weighted by Gasteiger charge is -1.91. The second-order valence-electron chi connectivity index (χ2n) is 2.20. The van der Waals surface area contributed by atoms with Crippen molar-refractivity contribution in [2.75, 3.05) is 5.75 Å². The van der Waals surface area contributed by atoms with Gasteiger partial charge in [0.15, 0.2) is 0 Å². The largest absolute Gasteiger partial charge is 0.475 e. The van der Waals surface area contributed by atoms with Gasteiger partial charge in [0.05, 0.1) is 11.9 Å². The maximum atomic E-state index is 11.1. The molecule has 0 aliphatic carbocycles. The molecule has 0 saturated heterocycles. The van der Waals surface area contributed by atoms with Crippen LogP contribution in [-0.4, -0.2) is 30.2 Å². The van der Waals surface area contributed by atoms with Crippen molar-refractivity contribution in [2.45, 2.75) is 12.1 Å². The van der Waals surface area contributed by atoms with E-state index in [9.17, 15) is 13.2 Å². The fourth-order valence-corrected chi connectivity index (χ4v) is 1.30. The molecule has 0 saturated carbocycles. The maximum absolute atomic E-state index is 11.1. The van der Waals surface area contributed by atoms with Crippen molar-refractivity contribution in [3.8, 4) is 0 Å². The van der Waals surface area contributed by atoms with Gasteiger partial charge in [-0.3, -0.25) is 0 Å². The number of aromatic nitrogens is 1. The summed E-state index contributed by atoms with van der Waals surface area (Å²) in [5, 5.41) is 7.86. The molecular weight excluding hydrogens is 198 g/mol. The molecule has 6 nitrogen and oxygen atoms in total. The highest BCUT2D eigenvalue weighted by Crippen LogP contribution is 2.11. The monoisotopic (exact) mass is 205 g/mol. The topological polar surface area (TPSA) is 97.5 Å². The van der Waals surface area contributed by atoms with Gasteiger partial charge in [0, 0.05) is 0 Å². The molecule has 0 atom stereocenters. The van der Waals surface area contributed by atoms with Crippen molar-refractivity contribution in [2.24, 2.45) is 0 Å². The number of carboxylic acid groups (broad SMARTS) is 1. The molecular formula is C6H7NO5S. The number of sulfone groups is 1. The maximum Gasteiger partial charge on any atom is 0.373 e. The van der Waals surface area contributed by atoms with E-state index in [1.54, 1.807) is 0 Å². The molecule has 0 spiro atoms. The number of oxazole rings is 1. The lowest BCUT2D eigenvalue weighted by molar-refractivity contribution is 0.0656. The predicted molar refractivity (Wildman–Crippen MR) is 41.2 cm³/mol. The first-order valence-corrected chi connectivity index (χ1v) is 5.04. The molecule has 13 heavy (non-hydrogen) atoms. The normalized spacial score (nSPS) is 11.5. The van der Waals surface area contributed by atoms with Gasteiger partial charge in [-0.05, 0) is 0 Å². The van der Waals surface area contributed by atoms with Crippen molar-refractivity contribution >= 4 is 15.8 Å². The van der Waals surface area contributed by atoms with Crippen LogP contribution < -0.4 is 0 Å². The van der Waals surface area contributed by atoms with Crippen LogP contribution in [0.5, 0.6) is 0 Å². The summed E-state index contributed by atoms with van der Waals surface area (Å²) in [6.45, 7) is 1.42. The standard InChI is InChI=1S/C6H7NO5S/c1-2-13(10,11)6-7-3-4(12-6)5(8)9/h3H,2H2,1H3,(H,8,9). The third kappa shape index (κ3) is 1.86. The molecule has 0 aromatic carbocycles. The van der Waals surface area contributed by atoms with Crippen molar-refractivity contribution < 1.29 is 22.7 Å². The van der Waals surface area contributed by atoms with E-state index >= 15 is 0 Å². The summed E-state index contributed by atoms with van der Waals surface area (Å²) in [6, 6.07) is 0. The highest BCUT2D eigenvalue weighted by molar-refractivity contribution is 7.91. The third-order valence-corrected chi connectivity index (χ3v) is 2.82. The van der Waals surface area contributed by atoms with E-state index < -0.39 is 26.8 Å². The molecule has 0 bridgehead atoms. The van der Waals surface area contributed by atoms with Crippen LogP contribution in [0.4, 0.5) is 0 Å². The summed E-state index contributed by atoms with van der Waals surface area (Å²) in [5.41, 5.74) is 0. The van der Waals surface area contributed by atoms with Crippen LogP contribution in [0.1, 0.15) is 17.5 Å². The summed E-state index contributed by atoms with van der Waals surface area (Å²) >= 11 is 0. The first-order chi connectivity index (χ1) is 5.97. The van der Waals surface area contributed by atoms with E-state index in [4.69, 9.17) is 5.11 Å². The number of carboxylic acids is 1. The van der Waals surface area contributed by atoms with Gasteiger partial charge >= 0.3 is 11.2 Å². The van der Waals surface area contributed by atoms with Gasteiger partial charge in [-0.25, -0.2) is 18.2 Å². The number of aromatic carboxylic acids is 1. The first-order valence-electron chi connectivity index (χ1n) is 3.39. The second-order valence-corrected chi connectivity index (χ2v) is 4.36. The number of nitrogens with zero attached hydrogens (tertiary/aromatic N) is 1. The fourth-order valence-electron chi connectivity index (χ4n) is 0.624. The van der Waals surface area contributed by atoms with Crippen LogP contribution in [0.15, 0.2) is 15.8 Å². The van der Waals surface area contributed by atoms with Crippen LogP contribution >= 0.6 is 0 Å². The molecule has 0 radical (unpaired) electrons. The fraction of sp³-hybridized carbons (Fsp3) is 0.333. The molecule has 1 heterocycles. The highest BCUT2D eigenvalue weighted by Gasteiger charge is 2.20. The minimum atomic E-state index is -3.55. The Hall–Kier alpha value is -1.37. The zero-order valence-corrected chi connectivity index (χ0v) is 7.54. The zero-order valence-electron chi connectivity index (χ0n) is 6.72. The Balaban J connectivity index is 3.13. The number of rotatable bonds is 3. The smallest absolute Gasteiger partial charge is 0.373 e. The number of hydrogen-bond donors (Lipinski definition) is 1. The van der Waals surface area contributed by atoms with Gasteiger partial charge in [-0.1, -0.05) is 6.92 Å². The molecule has 1 N–H and O–H groups in total. The Morgan fingerprint density at radius 2 is 2.31 bits per heavy atom. The highest BCUT2D eigenvalue weighted by atomic mass is 32.2. The molecule has 0 fully saturated rings. The van der Waals surface area contributed by atoms with E-state index in [1.807, 2.05) is 0 Å². The number of carbonyl (C=O) groups is 1. The van der Waals surface area contributed by atoms with Gasteiger partial charge < -0.3 is 9.52 Å². The molecule has 1 aromatic heterocycles. The van der Waals surface area contributed by atoms with Gasteiger partial charge in [0.25, 0.3) is 0 Å². The van der Waals surface area contributed by atoms with Gasteiger partial charge in [-0.15, -0.1) is 0 Å².